The van der Waals surface area contributed by atoms with Crippen molar-refractivity contribution in [3.8, 4) is 6.07 Å². The lowest BCUT2D eigenvalue weighted by molar-refractivity contribution is -0.112. The highest BCUT2D eigenvalue weighted by atomic mass is 16.2. The molecule has 0 aliphatic carbocycles. The highest BCUT2D eigenvalue weighted by Gasteiger charge is 2.03. The Labute approximate surface area is 127 Å². The van der Waals surface area contributed by atoms with Gasteiger partial charge in [-0.2, -0.15) is 5.26 Å². The molecule has 0 spiro atoms. The zero-order valence-corrected chi connectivity index (χ0v) is 11.6. The molecule has 3 aromatic rings. The molecule has 106 valence electrons. The van der Waals surface area contributed by atoms with Gasteiger partial charge >= 0.3 is 0 Å². The van der Waals surface area contributed by atoms with E-state index < -0.39 is 0 Å². The van der Waals surface area contributed by atoms with Crippen LogP contribution in [0.2, 0.25) is 0 Å². The highest BCUT2D eigenvalue weighted by Crippen LogP contribution is 2.11. The maximum atomic E-state index is 12.0. The number of carbonyl (C=O) groups is 1. The van der Waals surface area contributed by atoms with Crippen molar-refractivity contribution in [1.29, 1.82) is 5.26 Å². The van der Waals surface area contributed by atoms with Gasteiger partial charge in [-0.05, 0) is 29.8 Å². The number of nitriles is 1. The molecule has 0 saturated carbocycles. The third kappa shape index (κ3) is 2.72. The van der Waals surface area contributed by atoms with Crippen molar-refractivity contribution >= 4 is 23.0 Å². The van der Waals surface area contributed by atoms with Crippen molar-refractivity contribution in [1.82, 2.24) is 9.66 Å². The van der Waals surface area contributed by atoms with E-state index in [-0.39, 0.29) is 5.91 Å². The smallest absolute Gasteiger partial charge is 0.262 e. The Morgan fingerprint density at radius 1 is 1.18 bits per heavy atom. The summed E-state index contributed by atoms with van der Waals surface area (Å²) >= 11 is 0. The van der Waals surface area contributed by atoms with Crippen molar-refractivity contribution in [2.75, 3.05) is 5.43 Å². The number of nitrogens with zero attached hydrogens (tertiary/aromatic N) is 3. The van der Waals surface area contributed by atoms with E-state index in [2.05, 4.69) is 16.5 Å². The molecule has 1 aromatic heterocycles. The van der Waals surface area contributed by atoms with Crippen molar-refractivity contribution < 1.29 is 4.79 Å². The molecule has 3 rings (SSSR count). The summed E-state index contributed by atoms with van der Waals surface area (Å²) in [7, 11) is 0. The fourth-order valence-corrected chi connectivity index (χ4v) is 2.11. The van der Waals surface area contributed by atoms with Crippen LogP contribution in [0.4, 0.5) is 0 Å². The maximum Gasteiger partial charge on any atom is 0.262 e. The normalized spacial score (nSPS) is 10.7. The molecule has 0 aliphatic rings. The quantitative estimate of drug-likeness (QED) is 0.753. The lowest BCUT2D eigenvalue weighted by atomic mass is 10.1. The highest BCUT2D eigenvalue weighted by molar-refractivity contribution is 5.98. The molecule has 0 aliphatic heterocycles. The summed E-state index contributed by atoms with van der Waals surface area (Å²) in [5, 5.41) is 9.01. The minimum Gasteiger partial charge on any atom is -0.268 e. The van der Waals surface area contributed by atoms with Gasteiger partial charge in [0, 0.05) is 6.08 Å². The van der Waals surface area contributed by atoms with Gasteiger partial charge in [-0.1, -0.05) is 30.3 Å². The number of hydrogen-bond donors (Lipinski definition) is 1. The van der Waals surface area contributed by atoms with E-state index in [9.17, 15) is 4.79 Å². The molecule has 2 aromatic carbocycles. The lowest BCUT2D eigenvalue weighted by Crippen LogP contribution is -2.19. The zero-order chi connectivity index (χ0) is 15.4. The monoisotopic (exact) mass is 288 g/mol. The Morgan fingerprint density at radius 2 is 1.95 bits per heavy atom. The maximum absolute atomic E-state index is 12.0. The minimum atomic E-state index is -0.295. The number of rotatable bonds is 3. The zero-order valence-electron chi connectivity index (χ0n) is 11.6. The van der Waals surface area contributed by atoms with Crippen molar-refractivity contribution in [2.24, 2.45) is 0 Å². The van der Waals surface area contributed by atoms with Gasteiger partial charge in [-0.25, -0.2) is 9.66 Å². The van der Waals surface area contributed by atoms with Gasteiger partial charge < -0.3 is 0 Å². The van der Waals surface area contributed by atoms with E-state index in [1.165, 1.54) is 6.08 Å². The van der Waals surface area contributed by atoms with Crippen LogP contribution in [-0.4, -0.2) is 15.6 Å². The van der Waals surface area contributed by atoms with Crippen molar-refractivity contribution in [2.45, 2.75) is 0 Å². The van der Waals surface area contributed by atoms with Crippen LogP contribution in [-0.2, 0) is 4.79 Å². The van der Waals surface area contributed by atoms with Gasteiger partial charge in [0.05, 0.1) is 22.7 Å². The van der Waals surface area contributed by atoms with Gasteiger partial charge in [0.15, 0.2) is 0 Å². The van der Waals surface area contributed by atoms with Gasteiger partial charge in [-0.3, -0.25) is 10.2 Å². The molecule has 0 unspecified atom stereocenters. The molecule has 1 N–H and O–H groups in total. The fraction of sp³-hybridized carbons (Fsp3) is 0. The molecular weight excluding hydrogens is 276 g/mol. The number of aromatic nitrogens is 2. The van der Waals surface area contributed by atoms with Crippen LogP contribution in [0.1, 0.15) is 11.1 Å². The van der Waals surface area contributed by atoms with E-state index in [4.69, 9.17) is 5.26 Å². The standard InChI is InChI=1S/C17H12N4O/c18-11-14-6-2-1-5-13(14)9-10-17(22)20-21-12-19-15-7-3-4-8-16(15)21/h1-10,12H,(H,20,22)/b10-9+. The Kier molecular flexibility index (Phi) is 3.67. The summed E-state index contributed by atoms with van der Waals surface area (Å²) in [6.45, 7) is 0. The average molecular weight is 288 g/mol. The summed E-state index contributed by atoms with van der Waals surface area (Å²) < 4.78 is 1.57. The van der Waals surface area contributed by atoms with Crippen LogP contribution in [0.3, 0.4) is 0 Å². The Morgan fingerprint density at radius 3 is 2.82 bits per heavy atom. The minimum absolute atomic E-state index is 0.295. The molecule has 0 saturated heterocycles. The number of para-hydroxylation sites is 2. The topological polar surface area (TPSA) is 70.7 Å². The van der Waals surface area contributed by atoms with Crippen molar-refractivity contribution in [3.05, 3.63) is 72.1 Å². The van der Waals surface area contributed by atoms with Gasteiger partial charge in [0.25, 0.3) is 5.91 Å². The third-order valence-electron chi connectivity index (χ3n) is 3.18. The van der Waals surface area contributed by atoms with Gasteiger partial charge in [-0.15, -0.1) is 0 Å². The van der Waals surface area contributed by atoms with E-state index >= 15 is 0 Å². The molecule has 0 atom stereocenters. The number of hydrogen-bond acceptors (Lipinski definition) is 3. The van der Waals surface area contributed by atoms with Crippen LogP contribution in [0.5, 0.6) is 0 Å². The molecule has 22 heavy (non-hydrogen) atoms. The molecule has 0 radical (unpaired) electrons. The fourth-order valence-electron chi connectivity index (χ4n) is 2.11. The number of nitrogens with one attached hydrogen (secondary N) is 1. The van der Waals surface area contributed by atoms with Crippen LogP contribution in [0.25, 0.3) is 17.1 Å². The predicted molar refractivity (Wildman–Crippen MR) is 84.3 cm³/mol. The largest absolute Gasteiger partial charge is 0.268 e. The average Bonchev–Trinajstić information content (AvgIpc) is 2.96. The second kappa shape index (κ2) is 5.94. The first-order chi connectivity index (χ1) is 10.8. The summed E-state index contributed by atoms with van der Waals surface area (Å²) in [4.78, 5) is 16.2. The van der Waals surface area contributed by atoms with Crippen molar-refractivity contribution in [3.63, 3.8) is 0 Å². The van der Waals surface area contributed by atoms with Gasteiger partial charge in [0.2, 0.25) is 0 Å². The molecule has 5 nitrogen and oxygen atoms in total. The number of amides is 1. The van der Waals surface area contributed by atoms with E-state index in [0.29, 0.717) is 11.1 Å². The molecular formula is C17H12N4O. The first-order valence-electron chi connectivity index (χ1n) is 6.68. The Hall–Kier alpha value is -3.39. The summed E-state index contributed by atoms with van der Waals surface area (Å²) in [6, 6.07) is 16.7. The van der Waals surface area contributed by atoms with Crippen LogP contribution >= 0.6 is 0 Å². The first-order valence-corrected chi connectivity index (χ1v) is 6.68. The lowest BCUT2D eigenvalue weighted by Gasteiger charge is -2.04. The van der Waals surface area contributed by atoms with Crippen LogP contribution in [0.15, 0.2) is 60.9 Å². The Bertz CT molecular complexity index is 902. The number of benzene rings is 2. The second-order valence-electron chi connectivity index (χ2n) is 4.61. The predicted octanol–water partition coefficient (Wildman–Crippen LogP) is 2.69. The second-order valence-corrected chi connectivity index (χ2v) is 4.61. The molecule has 1 amide bonds. The summed E-state index contributed by atoms with van der Waals surface area (Å²) in [6.07, 6.45) is 4.57. The molecule has 0 bridgehead atoms. The molecule has 5 heteroatoms. The van der Waals surface area contributed by atoms with E-state index in [1.807, 2.05) is 30.3 Å². The summed E-state index contributed by atoms with van der Waals surface area (Å²) in [5.74, 6) is -0.295. The van der Waals surface area contributed by atoms with E-state index in [0.717, 1.165) is 11.0 Å². The summed E-state index contributed by atoms with van der Waals surface area (Å²) in [5.41, 5.74) is 5.58. The number of fused-ring (bicyclic) bond motifs is 1. The number of imidazole rings is 1. The van der Waals surface area contributed by atoms with Gasteiger partial charge in [0.1, 0.15) is 6.33 Å². The molecule has 1 heterocycles. The molecule has 0 fully saturated rings. The third-order valence-corrected chi connectivity index (χ3v) is 3.18. The van der Waals surface area contributed by atoms with E-state index in [1.54, 1.807) is 35.3 Å². The van der Waals surface area contributed by atoms with Crippen LogP contribution in [0, 0.1) is 11.3 Å². The SMILES string of the molecule is N#Cc1ccccc1/C=C/C(=O)Nn1cnc2ccccc21. The first kappa shape index (κ1) is 13.6. The Balaban J connectivity index is 1.78. The number of carbonyl (C=O) groups excluding carboxylic acids is 1. The van der Waals surface area contributed by atoms with Crippen LogP contribution < -0.4 is 5.43 Å².